The number of benzene rings is 3. The Morgan fingerprint density at radius 2 is 1.57 bits per heavy atom. The second kappa shape index (κ2) is 13.5. The molecule has 0 aliphatic rings. The third-order valence-corrected chi connectivity index (χ3v) is 8.30. The molecule has 0 fully saturated rings. The minimum absolute atomic E-state index is 0.0782. The van der Waals surface area contributed by atoms with Crippen molar-refractivity contribution >= 4 is 27.5 Å². The van der Waals surface area contributed by atoms with E-state index in [1.807, 2.05) is 39.8 Å². The van der Waals surface area contributed by atoms with E-state index in [1.54, 1.807) is 62.6 Å². The molecule has 3 rings (SSSR count). The third kappa shape index (κ3) is 7.85. The van der Waals surface area contributed by atoms with Crippen molar-refractivity contribution in [2.75, 3.05) is 24.5 Å². The van der Waals surface area contributed by atoms with Crippen LogP contribution in [0, 0.1) is 19.8 Å². The topological polar surface area (TPSA) is 96.0 Å². The van der Waals surface area contributed by atoms with Gasteiger partial charge in [0.1, 0.15) is 18.3 Å². The highest BCUT2D eigenvalue weighted by molar-refractivity contribution is 7.92. The van der Waals surface area contributed by atoms with Gasteiger partial charge in [0.25, 0.3) is 10.0 Å². The molecular formula is C31H39N3O5S. The van der Waals surface area contributed by atoms with Crippen LogP contribution in [0.25, 0.3) is 0 Å². The number of sulfonamides is 1. The van der Waals surface area contributed by atoms with E-state index in [0.717, 1.165) is 21.0 Å². The molecule has 8 nitrogen and oxygen atoms in total. The maximum atomic E-state index is 14.0. The summed E-state index contributed by atoms with van der Waals surface area (Å²) in [5, 5.41) is 2.89. The number of methoxy groups -OCH3 is 1. The number of hydrogen-bond acceptors (Lipinski definition) is 5. The number of nitrogens with zero attached hydrogens (tertiary/aromatic N) is 2. The summed E-state index contributed by atoms with van der Waals surface area (Å²) in [4.78, 5) is 28.6. The second-order valence-corrected chi connectivity index (χ2v) is 12.2. The van der Waals surface area contributed by atoms with Crippen LogP contribution < -0.4 is 14.4 Å². The van der Waals surface area contributed by atoms with Crippen molar-refractivity contribution in [3.8, 4) is 5.75 Å². The molecular weight excluding hydrogens is 526 g/mol. The molecule has 3 aromatic rings. The Morgan fingerprint density at radius 3 is 2.20 bits per heavy atom. The molecule has 1 atom stereocenters. The number of ether oxygens (including phenoxy) is 1. The van der Waals surface area contributed by atoms with Crippen molar-refractivity contribution in [1.29, 1.82) is 0 Å². The molecule has 0 aromatic heterocycles. The van der Waals surface area contributed by atoms with Gasteiger partial charge in [-0.05, 0) is 74.2 Å². The summed E-state index contributed by atoms with van der Waals surface area (Å²) in [5.74, 6) is 0.0287. The normalized spacial score (nSPS) is 12.1. The fourth-order valence-electron chi connectivity index (χ4n) is 4.15. The summed E-state index contributed by atoms with van der Waals surface area (Å²) in [6.45, 7) is 9.43. The second-order valence-electron chi connectivity index (χ2n) is 10.4. The molecule has 3 aromatic carbocycles. The Balaban J connectivity index is 2.02. The van der Waals surface area contributed by atoms with Gasteiger partial charge in [-0.2, -0.15) is 0 Å². The molecule has 214 valence electrons. The quantitative estimate of drug-likeness (QED) is 0.344. The molecule has 0 bridgehead atoms. The van der Waals surface area contributed by atoms with E-state index in [4.69, 9.17) is 4.74 Å². The van der Waals surface area contributed by atoms with Gasteiger partial charge in [-0.25, -0.2) is 8.42 Å². The number of aryl methyl sites for hydroxylation is 2. The summed E-state index contributed by atoms with van der Waals surface area (Å²) in [5.41, 5.74) is 2.89. The Labute approximate surface area is 238 Å². The highest BCUT2D eigenvalue weighted by Gasteiger charge is 2.32. The minimum atomic E-state index is -4.10. The lowest BCUT2D eigenvalue weighted by Crippen LogP contribution is -2.51. The highest BCUT2D eigenvalue weighted by Crippen LogP contribution is 2.26. The van der Waals surface area contributed by atoms with E-state index in [9.17, 15) is 18.0 Å². The maximum absolute atomic E-state index is 14.0. The van der Waals surface area contributed by atoms with Gasteiger partial charge in [-0.1, -0.05) is 55.8 Å². The molecule has 0 aliphatic carbocycles. The van der Waals surface area contributed by atoms with Crippen molar-refractivity contribution < 1.29 is 22.7 Å². The molecule has 0 saturated carbocycles. The van der Waals surface area contributed by atoms with Gasteiger partial charge in [0.15, 0.2) is 0 Å². The van der Waals surface area contributed by atoms with Crippen molar-refractivity contribution in [2.45, 2.75) is 52.1 Å². The van der Waals surface area contributed by atoms with Crippen LogP contribution in [0.15, 0.2) is 77.7 Å². The number of nitrogens with one attached hydrogen (secondary N) is 1. The molecule has 0 heterocycles. The summed E-state index contributed by atoms with van der Waals surface area (Å²) in [7, 11) is -2.55. The van der Waals surface area contributed by atoms with Crippen molar-refractivity contribution in [1.82, 2.24) is 10.2 Å². The predicted molar refractivity (Wildman–Crippen MR) is 158 cm³/mol. The van der Waals surface area contributed by atoms with Crippen molar-refractivity contribution in [2.24, 2.45) is 5.92 Å². The van der Waals surface area contributed by atoms with E-state index in [1.165, 1.54) is 17.0 Å². The molecule has 9 heteroatoms. The average Bonchev–Trinajstić information content (AvgIpc) is 2.93. The van der Waals surface area contributed by atoms with E-state index >= 15 is 0 Å². The first kappa shape index (κ1) is 30.7. The zero-order chi connectivity index (χ0) is 29.4. The van der Waals surface area contributed by atoms with E-state index in [-0.39, 0.29) is 23.3 Å². The molecule has 2 amide bonds. The van der Waals surface area contributed by atoms with Crippen LogP contribution in [0.5, 0.6) is 5.75 Å². The Morgan fingerprint density at radius 1 is 0.900 bits per heavy atom. The smallest absolute Gasteiger partial charge is 0.264 e. The number of carbonyl (C=O) groups is 2. The number of amides is 2. The van der Waals surface area contributed by atoms with Crippen LogP contribution in [-0.4, -0.2) is 51.4 Å². The fourth-order valence-corrected chi connectivity index (χ4v) is 5.56. The van der Waals surface area contributed by atoms with E-state index in [2.05, 4.69) is 5.32 Å². The van der Waals surface area contributed by atoms with Gasteiger partial charge in [-0.15, -0.1) is 0 Å². The molecule has 0 saturated heterocycles. The summed E-state index contributed by atoms with van der Waals surface area (Å²) in [6, 6.07) is 19.9. The summed E-state index contributed by atoms with van der Waals surface area (Å²) in [6.07, 6.45) is 0. The lowest BCUT2D eigenvalue weighted by atomic mass is 10.1. The largest absolute Gasteiger partial charge is 0.497 e. The molecule has 40 heavy (non-hydrogen) atoms. The van der Waals surface area contributed by atoms with Gasteiger partial charge in [0, 0.05) is 13.1 Å². The molecule has 1 N–H and O–H groups in total. The first-order chi connectivity index (χ1) is 18.9. The number of hydrogen-bond donors (Lipinski definition) is 1. The van der Waals surface area contributed by atoms with Crippen LogP contribution in [0.4, 0.5) is 5.69 Å². The Kier molecular flexibility index (Phi) is 10.3. The van der Waals surface area contributed by atoms with E-state index in [0.29, 0.717) is 18.0 Å². The Bertz CT molecular complexity index is 1420. The van der Waals surface area contributed by atoms with Gasteiger partial charge >= 0.3 is 0 Å². The number of rotatable bonds is 12. The van der Waals surface area contributed by atoms with Gasteiger partial charge in [0.2, 0.25) is 11.8 Å². The average molecular weight is 566 g/mol. The van der Waals surface area contributed by atoms with Crippen LogP contribution in [0.1, 0.15) is 37.5 Å². The lowest BCUT2D eigenvalue weighted by molar-refractivity contribution is -0.139. The van der Waals surface area contributed by atoms with Crippen molar-refractivity contribution in [3.63, 3.8) is 0 Å². The zero-order valence-electron chi connectivity index (χ0n) is 24.0. The first-order valence-electron chi connectivity index (χ1n) is 13.3. The van der Waals surface area contributed by atoms with Crippen LogP contribution in [-0.2, 0) is 26.2 Å². The van der Waals surface area contributed by atoms with Gasteiger partial charge in [0.05, 0.1) is 17.7 Å². The SMILES string of the molecule is COc1cccc(CN(C(=O)CN(c2cccc(C)c2)S(=O)(=O)c2ccc(C)cc2)[C@H](C)C(=O)NCC(C)C)c1. The van der Waals surface area contributed by atoms with Crippen LogP contribution >= 0.6 is 0 Å². The molecule has 0 unspecified atom stereocenters. The zero-order valence-corrected chi connectivity index (χ0v) is 24.9. The number of carbonyl (C=O) groups excluding carboxylic acids is 2. The van der Waals surface area contributed by atoms with Crippen LogP contribution in [0.2, 0.25) is 0 Å². The monoisotopic (exact) mass is 565 g/mol. The molecule has 0 spiro atoms. The van der Waals surface area contributed by atoms with Crippen molar-refractivity contribution in [3.05, 3.63) is 89.5 Å². The van der Waals surface area contributed by atoms with Gasteiger partial charge < -0.3 is 15.0 Å². The fraction of sp³-hybridized carbons (Fsp3) is 0.355. The van der Waals surface area contributed by atoms with Crippen LogP contribution in [0.3, 0.4) is 0 Å². The third-order valence-electron chi connectivity index (χ3n) is 6.52. The maximum Gasteiger partial charge on any atom is 0.264 e. The lowest BCUT2D eigenvalue weighted by Gasteiger charge is -2.32. The minimum Gasteiger partial charge on any atom is -0.497 e. The molecule has 0 aliphatic heterocycles. The first-order valence-corrected chi connectivity index (χ1v) is 14.7. The van der Waals surface area contributed by atoms with Gasteiger partial charge in [-0.3, -0.25) is 13.9 Å². The van der Waals surface area contributed by atoms with E-state index < -0.39 is 28.5 Å². The number of anilines is 1. The standard InChI is InChI=1S/C31H39N3O5S/c1-22(2)19-32-31(36)25(5)33(20-26-10-8-12-28(18-26)39-6)30(35)21-34(27-11-7-9-24(4)17-27)40(37,38)29-15-13-23(3)14-16-29/h7-18,22,25H,19-21H2,1-6H3,(H,32,36)/t25-/m1/s1. The summed E-state index contributed by atoms with van der Waals surface area (Å²) < 4.78 is 34.2. The summed E-state index contributed by atoms with van der Waals surface area (Å²) >= 11 is 0. The Hall–Kier alpha value is -3.85. The molecule has 0 radical (unpaired) electrons. The highest BCUT2D eigenvalue weighted by atomic mass is 32.2. The predicted octanol–water partition coefficient (Wildman–Crippen LogP) is 4.70.